The van der Waals surface area contributed by atoms with Gasteiger partial charge in [0.1, 0.15) is 11.8 Å². The van der Waals surface area contributed by atoms with Gasteiger partial charge < -0.3 is 20.5 Å². The number of carboxylic acids is 1. The number of aliphatic carboxylic acids is 1. The highest BCUT2D eigenvalue weighted by Crippen LogP contribution is 2.17. The summed E-state index contributed by atoms with van der Waals surface area (Å²) in [4.78, 5) is 35.7. The van der Waals surface area contributed by atoms with Gasteiger partial charge in [0.15, 0.2) is 0 Å². The van der Waals surface area contributed by atoms with E-state index < -0.39 is 23.8 Å². The van der Waals surface area contributed by atoms with E-state index in [1.54, 1.807) is 55.5 Å². The normalized spacial score (nSPS) is 11.3. The van der Waals surface area contributed by atoms with Gasteiger partial charge in [0.25, 0.3) is 5.91 Å². The zero-order chi connectivity index (χ0) is 19.6. The summed E-state index contributed by atoms with van der Waals surface area (Å²) in [5, 5.41) is 14.2. The van der Waals surface area contributed by atoms with E-state index in [0.717, 1.165) is 5.56 Å². The quantitative estimate of drug-likeness (QED) is 0.622. The molecule has 0 unspecified atom stereocenters. The number of carbonyl (C=O) groups excluding carboxylic acids is 2. The van der Waals surface area contributed by atoms with Gasteiger partial charge >= 0.3 is 5.97 Å². The topological polar surface area (TPSA) is 105 Å². The summed E-state index contributed by atoms with van der Waals surface area (Å²) >= 11 is 0. The zero-order valence-corrected chi connectivity index (χ0v) is 15.0. The maximum absolute atomic E-state index is 12.3. The van der Waals surface area contributed by atoms with Crippen molar-refractivity contribution in [2.45, 2.75) is 19.4 Å². The van der Waals surface area contributed by atoms with E-state index in [9.17, 15) is 19.5 Å². The Balaban J connectivity index is 1.92. The lowest BCUT2D eigenvalue weighted by molar-refractivity contribution is -0.141. The second-order valence-electron chi connectivity index (χ2n) is 5.76. The van der Waals surface area contributed by atoms with Gasteiger partial charge in [-0.2, -0.15) is 0 Å². The molecule has 7 heteroatoms. The van der Waals surface area contributed by atoms with Crippen molar-refractivity contribution in [3.05, 3.63) is 65.7 Å². The summed E-state index contributed by atoms with van der Waals surface area (Å²) in [6.45, 7) is 1.88. The summed E-state index contributed by atoms with van der Waals surface area (Å²) in [6, 6.07) is 14.6. The smallest absolute Gasteiger partial charge is 0.326 e. The minimum atomic E-state index is -1.14. The molecule has 1 atom stereocenters. The van der Waals surface area contributed by atoms with E-state index in [1.165, 1.54) is 0 Å². The number of amides is 2. The van der Waals surface area contributed by atoms with Gasteiger partial charge in [-0.1, -0.05) is 42.5 Å². The van der Waals surface area contributed by atoms with Gasteiger partial charge in [-0.15, -0.1) is 0 Å². The third-order valence-electron chi connectivity index (χ3n) is 3.76. The Bertz CT molecular complexity index is 792. The van der Waals surface area contributed by atoms with Gasteiger partial charge in [-0.05, 0) is 24.6 Å². The molecule has 27 heavy (non-hydrogen) atoms. The van der Waals surface area contributed by atoms with Gasteiger partial charge in [-0.3, -0.25) is 9.59 Å². The predicted molar refractivity (Wildman–Crippen MR) is 99.7 cm³/mol. The lowest BCUT2D eigenvalue weighted by Gasteiger charge is -2.15. The summed E-state index contributed by atoms with van der Waals surface area (Å²) in [7, 11) is 0. The molecule has 0 aliphatic rings. The maximum atomic E-state index is 12.3. The predicted octanol–water partition coefficient (Wildman–Crippen LogP) is 1.63. The number of para-hydroxylation sites is 1. The average Bonchev–Trinajstić information content (AvgIpc) is 2.67. The molecule has 3 N–H and O–H groups in total. The number of hydrogen-bond acceptors (Lipinski definition) is 4. The molecule has 0 radical (unpaired) electrons. The third kappa shape index (κ3) is 6.14. The molecule has 142 valence electrons. The first-order valence-corrected chi connectivity index (χ1v) is 8.57. The monoisotopic (exact) mass is 370 g/mol. The van der Waals surface area contributed by atoms with Crippen LogP contribution in [0.1, 0.15) is 22.8 Å². The first-order valence-electron chi connectivity index (χ1n) is 8.57. The number of hydrogen-bond donors (Lipinski definition) is 3. The van der Waals surface area contributed by atoms with Gasteiger partial charge in [-0.25, -0.2) is 4.79 Å². The van der Waals surface area contributed by atoms with Crippen molar-refractivity contribution in [1.29, 1.82) is 0 Å². The van der Waals surface area contributed by atoms with E-state index in [4.69, 9.17) is 4.74 Å². The summed E-state index contributed by atoms with van der Waals surface area (Å²) in [5.74, 6) is -1.77. The molecule has 2 aromatic carbocycles. The molecule has 2 amide bonds. The Kier molecular flexibility index (Phi) is 7.37. The molecule has 0 heterocycles. The molecule has 0 bridgehead atoms. The standard InChI is InChI=1S/C20H22N2O5/c1-2-27-17-11-7-6-10-15(17)19(24)21-13-18(23)22-16(20(25)26)12-14-8-4-3-5-9-14/h3-11,16H,2,12-13H2,1H3,(H,21,24)(H,22,23)(H,25,26)/t16-/m0/s1. The van der Waals surface area contributed by atoms with Crippen LogP contribution in [0.2, 0.25) is 0 Å². The van der Waals surface area contributed by atoms with Crippen LogP contribution in [0.4, 0.5) is 0 Å². The molecule has 0 fully saturated rings. The van der Waals surface area contributed by atoms with Crippen molar-refractivity contribution in [3.8, 4) is 5.75 Å². The van der Waals surface area contributed by atoms with E-state index in [0.29, 0.717) is 17.9 Å². The van der Waals surface area contributed by atoms with Crippen LogP contribution in [0.5, 0.6) is 5.75 Å². The highest BCUT2D eigenvalue weighted by Gasteiger charge is 2.21. The van der Waals surface area contributed by atoms with Crippen molar-refractivity contribution in [3.63, 3.8) is 0 Å². The van der Waals surface area contributed by atoms with Gasteiger partial charge in [0.2, 0.25) is 5.91 Å². The second kappa shape index (κ2) is 9.96. The number of carboxylic acid groups (broad SMARTS) is 1. The highest BCUT2D eigenvalue weighted by molar-refractivity contribution is 5.99. The average molecular weight is 370 g/mol. The van der Waals surface area contributed by atoms with Crippen molar-refractivity contribution in [2.24, 2.45) is 0 Å². The SMILES string of the molecule is CCOc1ccccc1C(=O)NCC(=O)N[C@@H](Cc1ccccc1)C(=O)O. The first-order chi connectivity index (χ1) is 13.0. The number of carbonyl (C=O) groups is 3. The Labute approximate surface area is 157 Å². The molecule has 0 saturated carbocycles. The van der Waals surface area contributed by atoms with Crippen LogP contribution < -0.4 is 15.4 Å². The highest BCUT2D eigenvalue weighted by atomic mass is 16.5. The van der Waals surface area contributed by atoms with Crippen LogP contribution in [0, 0.1) is 0 Å². The van der Waals surface area contributed by atoms with Crippen LogP contribution in [0.15, 0.2) is 54.6 Å². The maximum Gasteiger partial charge on any atom is 0.326 e. The zero-order valence-electron chi connectivity index (χ0n) is 15.0. The summed E-state index contributed by atoms with van der Waals surface area (Å²) < 4.78 is 5.39. The molecular weight excluding hydrogens is 348 g/mol. The fraction of sp³-hybridized carbons (Fsp3) is 0.250. The number of rotatable bonds is 9. The van der Waals surface area contributed by atoms with Gasteiger partial charge in [0.05, 0.1) is 18.7 Å². The summed E-state index contributed by atoms with van der Waals surface area (Å²) in [5.41, 5.74) is 1.10. The van der Waals surface area contributed by atoms with E-state index >= 15 is 0 Å². The molecule has 2 aromatic rings. The molecule has 0 aliphatic carbocycles. The molecule has 2 rings (SSSR count). The fourth-order valence-electron chi connectivity index (χ4n) is 2.49. The van der Waals surface area contributed by atoms with Crippen LogP contribution in [0.25, 0.3) is 0 Å². The Hall–Kier alpha value is -3.35. The number of nitrogens with one attached hydrogen (secondary N) is 2. The Morgan fingerprint density at radius 3 is 2.37 bits per heavy atom. The lowest BCUT2D eigenvalue weighted by Crippen LogP contribution is -2.46. The van der Waals surface area contributed by atoms with Gasteiger partial charge in [0, 0.05) is 6.42 Å². The molecule has 0 aliphatic heterocycles. The van der Waals surface area contributed by atoms with Crippen LogP contribution in [-0.2, 0) is 16.0 Å². The molecule has 0 spiro atoms. The second-order valence-corrected chi connectivity index (χ2v) is 5.76. The fourth-order valence-corrected chi connectivity index (χ4v) is 2.49. The number of ether oxygens (including phenoxy) is 1. The van der Waals surface area contributed by atoms with Crippen molar-refractivity contribution in [2.75, 3.05) is 13.2 Å². The third-order valence-corrected chi connectivity index (χ3v) is 3.76. The Morgan fingerprint density at radius 1 is 1.04 bits per heavy atom. The van der Waals surface area contributed by atoms with Crippen LogP contribution in [0.3, 0.4) is 0 Å². The molecule has 7 nitrogen and oxygen atoms in total. The largest absolute Gasteiger partial charge is 0.493 e. The lowest BCUT2D eigenvalue weighted by atomic mass is 10.1. The Morgan fingerprint density at radius 2 is 1.70 bits per heavy atom. The van der Waals surface area contributed by atoms with Crippen molar-refractivity contribution in [1.82, 2.24) is 10.6 Å². The van der Waals surface area contributed by atoms with Crippen molar-refractivity contribution < 1.29 is 24.2 Å². The molecule has 0 aromatic heterocycles. The van der Waals surface area contributed by atoms with Crippen molar-refractivity contribution >= 4 is 17.8 Å². The van der Waals surface area contributed by atoms with E-state index in [1.807, 2.05) is 6.07 Å². The minimum Gasteiger partial charge on any atom is -0.493 e. The molecular formula is C20H22N2O5. The first kappa shape index (κ1) is 20.0. The molecule has 0 saturated heterocycles. The summed E-state index contributed by atoms with van der Waals surface area (Å²) in [6.07, 6.45) is 0.156. The van der Waals surface area contributed by atoms with E-state index in [2.05, 4.69) is 10.6 Å². The van der Waals surface area contributed by atoms with E-state index in [-0.39, 0.29) is 13.0 Å². The number of benzene rings is 2. The van der Waals surface area contributed by atoms with Crippen LogP contribution in [-0.4, -0.2) is 42.1 Å². The van der Waals surface area contributed by atoms with Crippen LogP contribution >= 0.6 is 0 Å². The minimum absolute atomic E-state index is 0.156.